The number of alkyl halides is 3. The van der Waals surface area contributed by atoms with Gasteiger partial charge in [-0.2, -0.15) is 13.2 Å². The lowest BCUT2D eigenvalue weighted by molar-refractivity contribution is -0.148. The summed E-state index contributed by atoms with van der Waals surface area (Å²) in [6.07, 6.45) is -4.11. The zero-order chi connectivity index (χ0) is 15.5. The number of carbonyl (C=O) groups excluding carboxylic acids is 3. The van der Waals surface area contributed by atoms with Crippen molar-refractivity contribution in [2.45, 2.75) is 38.0 Å². The molecule has 20 heavy (non-hydrogen) atoms. The van der Waals surface area contributed by atoms with Crippen molar-refractivity contribution in [3.05, 3.63) is 0 Å². The maximum Gasteiger partial charge on any atom is 0.405 e. The minimum Gasteiger partial charge on any atom is -0.346 e. The molecule has 0 aromatic carbocycles. The Morgan fingerprint density at radius 3 is 2.60 bits per heavy atom. The van der Waals surface area contributed by atoms with Gasteiger partial charge in [0.05, 0.1) is 12.1 Å². The average molecular weight is 295 g/mol. The van der Waals surface area contributed by atoms with Crippen molar-refractivity contribution in [3.8, 4) is 0 Å². The van der Waals surface area contributed by atoms with Crippen molar-refractivity contribution in [3.63, 3.8) is 0 Å². The molecule has 0 bridgehead atoms. The molecule has 0 aromatic heterocycles. The number of piperidine rings is 1. The zero-order valence-electron chi connectivity index (χ0n) is 11.1. The Kier molecular flexibility index (Phi) is 5.09. The summed E-state index contributed by atoms with van der Waals surface area (Å²) >= 11 is 0. The van der Waals surface area contributed by atoms with Crippen LogP contribution in [0.4, 0.5) is 13.2 Å². The highest BCUT2D eigenvalue weighted by Gasteiger charge is 2.34. The Morgan fingerprint density at radius 1 is 1.45 bits per heavy atom. The second kappa shape index (κ2) is 6.21. The van der Waals surface area contributed by atoms with Gasteiger partial charge in [-0.15, -0.1) is 0 Å². The number of hydrogen-bond donors (Lipinski definition) is 2. The summed E-state index contributed by atoms with van der Waals surface area (Å²) in [7, 11) is 1.33. The van der Waals surface area contributed by atoms with Crippen molar-refractivity contribution in [1.82, 2.24) is 15.5 Å². The van der Waals surface area contributed by atoms with Crippen LogP contribution >= 0.6 is 0 Å². The Morgan fingerprint density at radius 2 is 2.05 bits per heavy atom. The number of imide groups is 1. The quantitative estimate of drug-likeness (QED) is 0.704. The maximum absolute atomic E-state index is 12.0. The predicted molar refractivity (Wildman–Crippen MR) is 62.5 cm³/mol. The molecule has 1 saturated heterocycles. The van der Waals surface area contributed by atoms with E-state index in [1.165, 1.54) is 14.0 Å². The summed E-state index contributed by atoms with van der Waals surface area (Å²) < 4.78 is 35.9. The molecule has 2 unspecified atom stereocenters. The smallest absolute Gasteiger partial charge is 0.346 e. The lowest BCUT2D eigenvalue weighted by atomic mass is 10.0. The number of likely N-dealkylation sites (tertiary alicyclic amines) is 1. The lowest BCUT2D eigenvalue weighted by Gasteiger charge is -2.30. The summed E-state index contributed by atoms with van der Waals surface area (Å²) in [5.74, 6) is -1.66. The van der Waals surface area contributed by atoms with Crippen LogP contribution in [0.3, 0.4) is 0 Å². The zero-order valence-corrected chi connectivity index (χ0v) is 11.1. The molecule has 2 atom stereocenters. The normalized spacial score (nSPS) is 21.9. The number of halogens is 3. The van der Waals surface area contributed by atoms with Gasteiger partial charge in [0.15, 0.2) is 0 Å². The maximum atomic E-state index is 12.0. The van der Waals surface area contributed by atoms with Gasteiger partial charge in [0.1, 0.15) is 6.54 Å². The van der Waals surface area contributed by atoms with E-state index in [0.29, 0.717) is 0 Å². The molecular formula is C11H16F3N3O3. The van der Waals surface area contributed by atoms with Crippen molar-refractivity contribution >= 4 is 17.7 Å². The molecule has 9 heteroatoms. The first kappa shape index (κ1) is 16.4. The van der Waals surface area contributed by atoms with Crippen molar-refractivity contribution in [2.24, 2.45) is 0 Å². The van der Waals surface area contributed by atoms with Crippen LogP contribution in [0.1, 0.15) is 19.8 Å². The topological polar surface area (TPSA) is 78.5 Å². The van der Waals surface area contributed by atoms with Gasteiger partial charge in [0, 0.05) is 13.5 Å². The standard InChI is InChI=1S/C11H16F3N3O3/c1-6(9(19)15-5-11(12,13)14)16-7-3-4-8(18)17(2)10(7)20/h6-7,16H,3-5H2,1-2H3,(H,15,19). The van der Waals surface area contributed by atoms with Crippen LogP contribution in [0.25, 0.3) is 0 Å². The highest BCUT2D eigenvalue weighted by atomic mass is 19.4. The van der Waals surface area contributed by atoms with Crippen molar-refractivity contribution < 1.29 is 27.6 Å². The number of amides is 3. The first-order valence-electron chi connectivity index (χ1n) is 6.02. The molecule has 0 aliphatic carbocycles. The molecule has 6 nitrogen and oxygen atoms in total. The van der Waals surface area contributed by atoms with Crippen molar-refractivity contribution in [1.29, 1.82) is 0 Å². The summed E-state index contributed by atoms with van der Waals surface area (Å²) in [4.78, 5) is 35.4. The molecular weight excluding hydrogens is 279 g/mol. The van der Waals surface area contributed by atoms with E-state index in [-0.39, 0.29) is 18.7 Å². The fraction of sp³-hybridized carbons (Fsp3) is 0.727. The molecule has 0 radical (unpaired) electrons. The largest absolute Gasteiger partial charge is 0.405 e. The molecule has 2 N–H and O–H groups in total. The van der Waals surface area contributed by atoms with Gasteiger partial charge >= 0.3 is 6.18 Å². The van der Waals surface area contributed by atoms with Gasteiger partial charge in [0.2, 0.25) is 17.7 Å². The predicted octanol–water partition coefficient (Wildman–Crippen LogP) is -0.210. The Labute approximate surface area is 113 Å². The van der Waals surface area contributed by atoms with Crippen LogP contribution in [-0.4, -0.2) is 54.5 Å². The third kappa shape index (κ3) is 4.48. The van der Waals surface area contributed by atoms with Gasteiger partial charge in [-0.3, -0.25) is 24.6 Å². The monoisotopic (exact) mass is 295 g/mol. The Hall–Kier alpha value is -1.64. The number of hydrogen-bond acceptors (Lipinski definition) is 4. The fourth-order valence-corrected chi connectivity index (χ4v) is 1.79. The van der Waals surface area contributed by atoms with Crippen LogP contribution < -0.4 is 10.6 Å². The lowest BCUT2D eigenvalue weighted by Crippen LogP contribution is -2.56. The number of nitrogens with zero attached hydrogens (tertiary/aromatic N) is 1. The molecule has 1 aliphatic heterocycles. The van der Waals surface area contributed by atoms with Crippen LogP contribution in [-0.2, 0) is 14.4 Å². The number of rotatable bonds is 4. The van der Waals surface area contributed by atoms with Gasteiger partial charge in [-0.1, -0.05) is 0 Å². The van der Waals surface area contributed by atoms with Crippen LogP contribution in [0, 0.1) is 0 Å². The Balaban J connectivity index is 2.49. The molecule has 0 saturated carbocycles. The molecule has 1 aliphatic rings. The Bertz CT molecular complexity index is 411. The molecule has 0 spiro atoms. The van der Waals surface area contributed by atoms with E-state index in [1.54, 1.807) is 5.32 Å². The van der Waals surface area contributed by atoms with E-state index in [1.807, 2.05) is 0 Å². The van der Waals surface area contributed by atoms with E-state index in [2.05, 4.69) is 5.32 Å². The van der Waals surface area contributed by atoms with Crippen LogP contribution in [0.2, 0.25) is 0 Å². The number of carbonyl (C=O) groups is 3. The second-order valence-corrected chi connectivity index (χ2v) is 4.60. The van der Waals surface area contributed by atoms with Gasteiger partial charge in [-0.25, -0.2) is 0 Å². The SMILES string of the molecule is CC(NC1CCC(=O)N(C)C1=O)C(=O)NCC(F)(F)F. The molecule has 3 amide bonds. The highest BCUT2D eigenvalue weighted by molar-refractivity contribution is 6.00. The molecule has 0 aromatic rings. The van der Waals surface area contributed by atoms with Gasteiger partial charge in [-0.05, 0) is 13.3 Å². The van der Waals surface area contributed by atoms with Crippen LogP contribution in [0.5, 0.6) is 0 Å². The molecule has 1 fully saturated rings. The molecule has 1 rings (SSSR count). The average Bonchev–Trinajstić information content (AvgIpc) is 2.35. The third-order valence-corrected chi connectivity index (χ3v) is 2.96. The first-order chi connectivity index (χ1) is 9.11. The minimum atomic E-state index is -4.48. The molecule has 1 heterocycles. The summed E-state index contributed by atoms with van der Waals surface area (Å²) in [5, 5.41) is 4.36. The van der Waals surface area contributed by atoms with E-state index >= 15 is 0 Å². The third-order valence-electron chi connectivity index (χ3n) is 2.96. The second-order valence-electron chi connectivity index (χ2n) is 4.60. The fourth-order valence-electron chi connectivity index (χ4n) is 1.79. The van der Waals surface area contributed by atoms with E-state index in [4.69, 9.17) is 0 Å². The summed E-state index contributed by atoms with van der Waals surface area (Å²) in [5.41, 5.74) is 0. The van der Waals surface area contributed by atoms with Gasteiger partial charge in [0.25, 0.3) is 0 Å². The summed E-state index contributed by atoms with van der Waals surface area (Å²) in [6.45, 7) is -0.0652. The van der Waals surface area contributed by atoms with Gasteiger partial charge < -0.3 is 5.32 Å². The number of likely N-dealkylation sites (N-methyl/N-ethyl adjacent to an activating group) is 1. The first-order valence-corrected chi connectivity index (χ1v) is 6.02. The molecule has 114 valence electrons. The van der Waals surface area contributed by atoms with E-state index in [0.717, 1.165) is 4.90 Å². The van der Waals surface area contributed by atoms with Crippen LogP contribution in [0.15, 0.2) is 0 Å². The van der Waals surface area contributed by atoms with E-state index in [9.17, 15) is 27.6 Å². The highest BCUT2D eigenvalue weighted by Crippen LogP contribution is 2.13. The summed E-state index contributed by atoms with van der Waals surface area (Å²) in [6, 6.07) is -1.71. The van der Waals surface area contributed by atoms with E-state index < -0.39 is 36.6 Å². The van der Waals surface area contributed by atoms with Crippen molar-refractivity contribution in [2.75, 3.05) is 13.6 Å². The number of nitrogens with one attached hydrogen (secondary N) is 2. The minimum absolute atomic E-state index is 0.150.